The molecule has 0 aliphatic carbocycles. The molecular formula is C21H20N4O3. The summed E-state index contributed by atoms with van der Waals surface area (Å²) in [6, 6.07) is 17.3. The highest BCUT2D eigenvalue weighted by molar-refractivity contribution is 6.09. The predicted molar refractivity (Wildman–Crippen MR) is 102 cm³/mol. The molecule has 0 unspecified atom stereocenters. The minimum atomic E-state index is -1.32. The minimum Gasteiger partial charge on any atom is -0.340 e. The van der Waals surface area contributed by atoms with E-state index in [4.69, 9.17) is 5.26 Å². The van der Waals surface area contributed by atoms with Gasteiger partial charge >= 0.3 is 6.03 Å². The number of nitrogens with one attached hydrogen (secondary N) is 1. The number of urea groups is 1. The molecule has 1 atom stereocenters. The number of imide groups is 1. The molecule has 0 aromatic heterocycles. The molecule has 1 heterocycles. The third-order valence-corrected chi connectivity index (χ3v) is 4.83. The molecule has 1 saturated heterocycles. The number of benzene rings is 2. The van der Waals surface area contributed by atoms with Gasteiger partial charge in [-0.25, -0.2) is 4.79 Å². The molecule has 7 heteroatoms. The molecule has 1 N–H and O–H groups in total. The second-order valence-electron chi connectivity index (χ2n) is 6.87. The van der Waals surface area contributed by atoms with Crippen LogP contribution in [0.15, 0.2) is 54.6 Å². The topological polar surface area (TPSA) is 93.5 Å². The summed E-state index contributed by atoms with van der Waals surface area (Å²) in [5.74, 6) is -0.864. The summed E-state index contributed by atoms with van der Waals surface area (Å²) in [6.07, 6.45) is 0. The van der Waals surface area contributed by atoms with Crippen molar-refractivity contribution in [3.63, 3.8) is 0 Å². The fourth-order valence-corrected chi connectivity index (χ4v) is 3.14. The van der Waals surface area contributed by atoms with Crippen molar-refractivity contribution in [3.8, 4) is 6.07 Å². The van der Waals surface area contributed by atoms with E-state index in [1.54, 1.807) is 38.2 Å². The summed E-state index contributed by atoms with van der Waals surface area (Å²) in [5.41, 5.74) is 0.520. The van der Waals surface area contributed by atoms with E-state index in [0.29, 0.717) is 17.7 Å². The molecule has 7 nitrogen and oxygen atoms in total. The molecule has 0 spiro atoms. The fraction of sp³-hybridized carbons (Fsp3) is 0.238. The van der Waals surface area contributed by atoms with Gasteiger partial charge in [0.15, 0.2) is 0 Å². The number of nitriles is 1. The fourth-order valence-electron chi connectivity index (χ4n) is 3.14. The number of hydrogen-bond donors (Lipinski definition) is 1. The van der Waals surface area contributed by atoms with E-state index in [2.05, 4.69) is 5.32 Å². The normalized spacial score (nSPS) is 18.5. The molecule has 2 aromatic rings. The first kappa shape index (κ1) is 19.1. The lowest BCUT2D eigenvalue weighted by Crippen LogP contribution is -2.43. The molecule has 0 bridgehead atoms. The van der Waals surface area contributed by atoms with Gasteiger partial charge in [-0.15, -0.1) is 0 Å². The number of carbonyl (C=O) groups excluding carboxylic acids is 3. The molecule has 4 amide bonds. The molecule has 2 aromatic carbocycles. The summed E-state index contributed by atoms with van der Waals surface area (Å²) in [4.78, 5) is 40.3. The zero-order valence-corrected chi connectivity index (χ0v) is 15.7. The Hall–Kier alpha value is -3.66. The minimum absolute atomic E-state index is 0.345. The Labute approximate surface area is 163 Å². The second-order valence-corrected chi connectivity index (χ2v) is 6.87. The number of nitrogens with zero attached hydrogens (tertiary/aromatic N) is 3. The Kier molecular flexibility index (Phi) is 5.14. The molecule has 28 heavy (non-hydrogen) atoms. The average molecular weight is 376 g/mol. The Bertz CT molecular complexity index is 967. The predicted octanol–water partition coefficient (Wildman–Crippen LogP) is 1.98. The van der Waals surface area contributed by atoms with Crippen LogP contribution < -0.4 is 5.32 Å². The van der Waals surface area contributed by atoms with Crippen LogP contribution in [0.5, 0.6) is 0 Å². The maximum atomic E-state index is 12.9. The van der Waals surface area contributed by atoms with Gasteiger partial charge in [-0.05, 0) is 30.2 Å². The lowest BCUT2D eigenvalue weighted by atomic mass is 9.91. The third kappa shape index (κ3) is 3.58. The second kappa shape index (κ2) is 7.53. The van der Waals surface area contributed by atoms with Crippen molar-refractivity contribution >= 4 is 17.8 Å². The van der Waals surface area contributed by atoms with Crippen molar-refractivity contribution in [1.82, 2.24) is 15.1 Å². The van der Waals surface area contributed by atoms with Crippen molar-refractivity contribution in [3.05, 3.63) is 71.3 Å². The van der Waals surface area contributed by atoms with Crippen molar-refractivity contribution in [2.45, 2.75) is 19.0 Å². The van der Waals surface area contributed by atoms with Gasteiger partial charge in [-0.2, -0.15) is 5.26 Å². The van der Waals surface area contributed by atoms with Gasteiger partial charge in [-0.1, -0.05) is 42.5 Å². The molecule has 1 aliphatic rings. The summed E-state index contributed by atoms with van der Waals surface area (Å²) >= 11 is 0. The van der Waals surface area contributed by atoms with Crippen molar-refractivity contribution < 1.29 is 14.4 Å². The van der Waals surface area contributed by atoms with Crippen molar-refractivity contribution in [1.29, 1.82) is 5.26 Å². The molecule has 3 rings (SSSR count). The lowest BCUT2D eigenvalue weighted by molar-refractivity contribution is -0.138. The third-order valence-electron chi connectivity index (χ3n) is 4.83. The Balaban J connectivity index is 1.74. The van der Waals surface area contributed by atoms with Crippen LogP contribution in [0.2, 0.25) is 0 Å². The molecule has 1 aliphatic heterocycles. The monoisotopic (exact) mass is 376 g/mol. The number of hydrogen-bond acceptors (Lipinski definition) is 4. The van der Waals surface area contributed by atoms with E-state index >= 15 is 0 Å². The number of amides is 4. The van der Waals surface area contributed by atoms with Crippen LogP contribution in [-0.4, -0.2) is 41.2 Å². The smallest absolute Gasteiger partial charge is 0.325 e. The van der Waals surface area contributed by atoms with Crippen LogP contribution in [0.3, 0.4) is 0 Å². The number of rotatable bonds is 5. The highest BCUT2D eigenvalue weighted by Gasteiger charge is 2.49. The van der Waals surface area contributed by atoms with Crippen molar-refractivity contribution in [2.75, 3.05) is 13.6 Å². The summed E-state index contributed by atoms with van der Waals surface area (Å²) < 4.78 is 0. The first-order valence-electron chi connectivity index (χ1n) is 8.78. The van der Waals surface area contributed by atoms with Crippen molar-refractivity contribution in [2.24, 2.45) is 0 Å². The van der Waals surface area contributed by atoms with Gasteiger partial charge < -0.3 is 10.2 Å². The van der Waals surface area contributed by atoms with Crippen LogP contribution in [-0.2, 0) is 21.7 Å². The van der Waals surface area contributed by atoms with Crippen LogP contribution in [0.1, 0.15) is 23.6 Å². The Morgan fingerprint density at radius 1 is 1.18 bits per heavy atom. The Morgan fingerprint density at radius 3 is 2.57 bits per heavy atom. The molecular weight excluding hydrogens is 356 g/mol. The van der Waals surface area contributed by atoms with E-state index in [-0.39, 0.29) is 12.5 Å². The van der Waals surface area contributed by atoms with Gasteiger partial charge in [-0.3, -0.25) is 14.5 Å². The van der Waals surface area contributed by atoms with Gasteiger partial charge in [0, 0.05) is 13.6 Å². The van der Waals surface area contributed by atoms with Crippen LogP contribution in [0, 0.1) is 11.3 Å². The maximum absolute atomic E-state index is 12.9. The van der Waals surface area contributed by atoms with E-state index in [1.807, 2.05) is 36.4 Å². The zero-order valence-electron chi connectivity index (χ0n) is 15.7. The number of carbonyl (C=O) groups is 3. The van der Waals surface area contributed by atoms with E-state index < -0.39 is 17.5 Å². The molecule has 0 saturated carbocycles. The molecule has 0 radical (unpaired) electrons. The van der Waals surface area contributed by atoms with E-state index in [0.717, 1.165) is 10.5 Å². The largest absolute Gasteiger partial charge is 0.340 e. The standard InChI is InChI=1S/C21H20N4O3/c1-21(17-10-6-9-16(11-17)12-22)19(27)25(20(28)23-21)14-18(26)24(2)13-15-7-4-3-5-8-15/h3-11H,13-14H2,1-2H3,(H,23,28)/t21-/m0/s1. The van der Waals surface area contributed by atoms with E-state index in [9.17, 15) is 14.4 Å². The maximum Gasteiger partial charge on any atom is 0.325 e. The summed E-state index contributed by atoms with van der Waals surface area (Å²) in [6.45, 7) is 1.61. The molecule has 1 fully saturated rings. The highest BCUT2D eigenvalue weighted by Crippen LogP contribution is 2.29. The van der Waals surface area contributed by atoms with E-state index in [1.165, 1.54) is 4.90 Å². The van der Waals surface area contributed by atoms with Crippen LogP contribution >= 0.6 is 0 Å². The first-order valence-corrected chi connectivity index (χ1v) is 8.78. The van der Waals surface area contributed by atoms with Gasteiger partial charge in [0.2, 0.25) is 5.91 Å². The Morgan fingerprint density at radius 2 is 1.89 bits per heavy atom. The lowest BCUT2D eigenvalue weighted by Gasteiger charge is -2.23. The molecule has 142 valence electrons. The zero-order chi connectivity index (χ0) is 20.3. The van der Waals surface area contributed by atoms with Gasteiger partial charge in [0.05, 0.1) is 11.6 Å². The average Bonchev–Trinajstić information content (AvgIpc) is 2.92. The van der Waals surface area contributed by atoms with Gasteiger partial charge in [0.25, 0.3) is 5.91 Å². The van der Waals surface area contributed by atoms with Crippen LogP contribution in [0.25, 0.3) is 0 Å². The summed E-state index contributed by atoms with van der Waals surface area (Å²) in [7, 11) is 1.63. The summed E-state index contributed by atoms with van der Waals surface area (Å²) in [5, 5.41) is 11.7. The van der Waals surface area contributed by atoms with Crippen LogP contribution in [0.4, 0.5) is 4.79 Å². The first-order chi connectivity index (χ1) is 13.3. The number of likely N-dealkylation sites (N-methyl/N-ethyl adjacent to an activating group) is 1. The highest BCUT2D eigenvalue weighted by atomic mass is 16.2. The SMILES string of the molecule is CN(Cc1ccccc1)C(=O)CN1C(=O)N[C@@](C)(c2cccc(C#N)c2)C1=O. The van der Waals surface area contributed by atoms with Gasteiger partial charge in [0.1, 0.15) is 12.1 Å². The quantitative estimate of drug-likeness (QED) is 0.808.